The number of hydrogen-bond acceptors (Lipinski definition) is 3. The van der Waals surface area contributed by atoms with E-state index in [1.165, 1.54) is 12.1 Å². The molecule has 3 N–H and O–H groups in total. The summed E-state index contributed by atoms with van der Waals surface area (Å²) in [6.45, 7) is 0.369. The number of rotatable bonds is 5. The first-order valence-electron chi connectivity index (χ1n) is 7.25. The van der Waals surface area contributed by atoms with Gasteiger partial charge in [-0.15, -0.1) is 0 Å². The van der Waals surface area contributed by atoms with Crippen LogP contribution in [0.5, 0.6) is 0 Å². The molecular formula is C17H18FN3O. The van der Waals surface area contributed by atoms with Crippen molar-refractivity contribution in [2.24, 2.45) is 5.73 Å². The molecule has 0 aliphatic carbocycles. The summed E-state index contributed by atoms with van der Waals surface area (Å²) in [7, 11) is 0. The minimum atomic E-state index is -0.329. The van der Waals surface area contributed by atoms with Crippen LogP contribution >= 0.6 is 0 Å². The van der Waals surface area contributed by atoms with E-state index in [1.54, 1.807) is 6.07 Å². The number of imidazole rings is 1. The summed E-state index contributed by atoms with van der Waals surface area (Å²) in [5, 5.41) is 9.28. The smallest absolute Gasteiger partial charge is 0.127 e. The van der Waals surface area contributed by atoms with E-state index in [0.29, 0.717) is 24.3 Å². The Morgan fingerprint density at radius 3 is 2.68 bits per heavy atom. The van der Waals surface area contributed by atoms with E-state index in [2.05, 4.69) is 4.98 Å². The van der Waals surface area contributed by atoms with Gasteiger partial charge < -0.3 is 15.4 Å². The minimum absolute atomic E-state index is 0.0199. The second kappa shape index (κ2) is 6.25. The van der Waals surface area contributed by atoms with Crippen molar-refractivity contribution in [3.8, 4) is 0 Å². The van der Waals surface area contributed by atoms with Crippen molar-refractivity contribution >= 4 is 11.0 Å². The number of aromatic nitrogens is 2. The van der Waals surface area contributed by atoms with Crippen molar-refractivity contribution in [2.75, 3.05) is 6.61 Å². The van der Waals surface area contributed by atoms with Gasteiger partial charge in [-0.05, 0) is 24.1 Å². The molecule has 1 unspecified atom stereocenters. The number of benzene rings is 2. The van der Waals surface area contributed by atoms with Crippen molar-refractivity contribution in [1.82, 2.24) is 9.55 Å². The summed E-state index contributed by atoms with van der Waals surface area (Å²) in [4.78, 5) is 4.48. The van der Waals surface area contributed by atoms with E-state index in [9.17, 15) is 9.50 Å². The molecule has 0 saturated heterocycles. The molecular weight excluding hydrogens is 281 g/mol. The molecule has 1 heterocycles. The van der Waals surface area contributed by atoms with Crippen LogP contribution in [0.1, 0.15) is 17.4 Å². The summed E-state index contributed by atoms with van der Waals surface area (Å²) >= 11 is 0. The van der Waals surface area contributed by atoms with E-state index in [0.717, 1.165) is 11.1 Å². The molecule has 0 spiro atoms. The fourth-order valence-corrected chi connectivity index (χ4v) is 2.70. The first-order chi connectivity index (χ1) is 10.7. The molecule has 0 aliphatic heterocycles. The summed E-state index contributed by atoms with van der Waals surface area (Å²) in [6.07, 6.45) is 0.637. The highest BCUT2D eigenvalue weighted by Crippen LogP contribution is 2.23. The third-order valence-corrected chi connectivity index (χ3v) is 3.69. The third kappa shape index (κ3) is 2.86. The van der Waals surface area contributed by atoms with Gasteiger partial charge in [-0.3, -0.25) is 0 Å². The number of hydrogen-bond donors (Lipinski definition) is 2. The first-order valence-corrected chi connectivity index (χ1v) is 7.25. The highest BCUT2D eigenvalue weighted by Gasteiger charge is 2.17. The molecule has 0 bridgehead atoms. The van der Waals surface area contributed by atoms with Gasteiger partial charge in [0.15, 0.2) is 0 Å². The Hall–Kier alpha value is -2.24. The van der Waals surface area contributed by atoms with Crippen LogP contribution in [-0.2, 0) is 13.0 Å². The zero-order chi connectivity index (χ0) is 15.5. The van der Waals surface area contributed by atoms with Gasteiger partial charge in [0.2, 0.25) is 0 Å². The molecule has 1 atom stereocenters. The van der Waals surface area contributed by atoms with E-state index in [1.807, 2.05) is 34.9 Å². The normalized spacial score (nSPS) is 12.7. The Bertz CT molecular complexity index is 770. The quantitative estimate of drug-likeness (QED) is 0.760. The molecule has 3 rings (SSSR count). The highest BCUT2D eigenvalue weighted by molar-refractivity contribution is 5.76. The summed E-state index contributed by atoms with van der Waals surface area (Å²) < 4.78 is 15.2. The number of nitrogens with zero attached hydrogens (tertiary/aromatic N) is 2. The van der Waals surface area contributed by atoms with E-state index in [4.69, 9.17) is 5.73 Å². The number of halogens is 1. The van der Waals surface area contributed by atoms with Crippen LogP contribution in [0.2, 0.25) is 0 Å². The average Bonchev–Trinajstić information content (AvgIpc) is 2.87. The fraction of sp³-hybridized carbons (Fsp3) is 0.235. The van der Waals surface area contributed by atoms with Crippen molar-refractivity contribution in [3.63, 3.8) is 0 Å². The summed E-state index contributed by atoms with van der Waals surface area (Å²) in [5.41, 5.74) is 8.76. The van der Waals surface area contributed by atoms with Gasteiger partial charge in [0, 0.05) is 12.6 Å². The predicted molar refractivity (Wildman–Crippen MR) is 83.9 cm³/mol. The first kappa shape index (κ1) is 14.7. The zero-order valence-corrected chi connectivity index (χ0v) is 12.1. The molecule has 0 radical (unpaired) electrons. The van der Waals surface area contributed by atoms with Crippen molar-refractivity contribution in [3.05, 3.63) is 65.7 Å². The van der Waals surface area contributed by atoms with Crippen molar-refractivity contribution < 1.29 is 9.50 Å². The highest BCUT2D eigenvalue weighted by atomic mass is 19.1. The number of nitrogens with two attached hydrogens (primary N) is 1. The average molecular weight is 299 g/mol. The Balaban J connectivity index is 1.99. The van der Waals surface area contributed by atoms with Crippen LogP contribution in [0.15, 0.2) is 48.5 Å². The minimum Gasteiger partial charge on any atom is -0.395 e. The SMILES string of the molecule is NC(Cc1ccccc1)c1nc2cc(F)ccc2n1CCO. The molecule has 0 amide bonds. The van der Waals surface area contributed by atoms with Crippen LogP contribution in [0, 0.1) is 5.82 Å². The maximum absolute atomic E-state index is 13.4. The van der Waals surface area contributed by atoms with Gasteiger partial charge in [0.25, 0.3) is 0 Å². The van der Waals surface area contributed by atoms with Gasteiger partial charge >= 0.3 is 0 Å². The summed E-state index contributed by atoms with van der Waals surface area (Å²) in [5.74, 6) is 0.336. The van der Waals surface area contributed by atoms with E-state index in [-0.39, 0.29) is 18.5 Å². The Kier molecular flexibility index (Phi) is 4.18. The third-order valence-electron chi connectivity index (χ3n) is 3.69. The molecule has 0 saturated carbocycles. The molecule has 22 heavy (non-hydrogen) atoms. The Labute approximate surface area is 128 Å². The molecule has 0 fully saturated rings. The van der Waals surface area contributed by atoms with Crippen LogP contribution in [0.4, 0.5) is 4.39 Å². The van der Waals surface area contributed by atoms with Crippen molar-refractivity contribution in [1.29, 1.82) is 0 Å². The van der Waals surface area contributed by atoms with Crippen LogP contribution in [0.3, 0.4) is 0 Å². The predicted octanol–water partition coefficient (Wildman–Crippen LogP) is 2.41. The number of aliphatic hydroxyl groups is 1. The number of fused-ring (bicyclic) bond motifs is 1. The van der Waals surface area contributed by atoms with Gasteiger partial charge in [0.1, 0.15) is 11.6 Å². The zero-order valence-electron chi connectivity index (χ0n) is 12.1. The molecule has 1 aromatic heterocycles. The fourth-order valence-electron chi connectivity index (χ4n) is 2.70. The molecule has 114 valence electrons. The summed E-state index contributed by atoms with van der Waals surface area (Å²) in [6, 6.07) is 14.1. The standard InChI is InChI=1S/C17H18FN3O/c18-13-6-7-16-15(11-13)20-17(21(16)8-9-22)14(19)10-12-4-2-1-3-5-12/h1-7,11,14,22H,8-10,19H2. The van der Waals surface area contributed by atoms with Gasteiger partial charge in [-0.1, -0.05) is 30.3 Å². The maximum Gasteiger partial charge on any atom is 0.127 e. The lowest BCUT2D eigenvalue weighted by molar-refractivity contribution is 0.275. The monoisotopic (exact) mass is 299 g/mol. The Morgan fingerprint density at radius 2 is 1.95 bits per heavy atom. The topological polar surface area (TPSA) is 64.1 Å². The molecule has 3 aromatic rings. The molecule has 5 heteroatoms. The van der Waals surface area contributed by atoms with Crippen LogP contribution in [-0.4, -0.2) is 21.3 Å². The van der Waals surface area contributed by atoms with Crippen LogP contribution < -0.4 is 5.73 Å². The van der Waals surface area contributed by atoms with Crippen molar-refractivity contribution in [2.45, 2.75) is 19.0 Å². The van der Waals surface area contributed by atoms with Gasteiger partial charge in [-0.25, -0.2) is 9.37 Å². The van der Waals surface area contributed by atoms with Crippen LogP contribution in [0.25, 0.3) is 11.0 Å². The second-order valence-corrected chi connectivity index (χ2v) is 5.27. The van der Waals surface area contributed by atoms with Gasteiger partial charge in [0.05, 0.1) is 23.7 Å². The van der Waals surface area contributed by atoms with E-state index < -0.39 is 0 Å². The molecule has 2 aromatic carbocycles. The maximum atomic E-state index is 13.4. The lowest BCUT2D eigenvalue weighted by atomic mass is 10.1. The lowest BCUT2D eigenvalue weighted by Gasteiger charge is -2.14. The largest absolute Gasteiger partial charge is 0.395 e. The van der Waals surface area contributed by atoms with Gasteiger partial charge in [-0.2, -0.15) is 0 Å². The van der Waals surface area contributed by atoms with E-state index >= 15 is 0 Å². The second-order valence-electron chi connectivity index (χ2n) is 5.27. The number of aliphatic hydroxyl groups excluding tert-OH is 1. The molecule has 0 aliphatic rings. The Morgan fingerprint density at radius 1 is 1.18 bits per heavy atom. The lowest BCUT2D eigenvalue weighted by Crippen LogP contribution is -2.20. The molecule has 4 nitrogen and oxygen atoms in total.